The van der Waals surface area contributed by atoms with E-state index in [0.717, 1.165) is 32.5 Å². The van der Waals surface area contributed by atoms with E-state index < -0.39 is 0 Å². The van der Waals surface area contributed by atoms with E-state index in [4.69, 9.17) is 4.74 Å². The molecule has 3 heterocycles. The minimum atomic E-state index is -0.149. The number of carbonyl (C=O) groups is 1. The molecular weight excluding hydrogens is 340 g/mol. The van der Waals surface area contributed by atoms with E-state index in [2.05, 4.69) is 46.2 Å². The lowest BCUT2D eigenvalue weighted by Crippen LogP contribution is -2.52. The van der Waals surface area contributed by atoms with Gasteiger partial charge in [0.2, 0.25) is 5.91 Å². The number of fused-ring (bicyclic) bond motifs is 2. The fourth-order valence-corrected chi connectivity index (χ4v) is 4.68. The van der Waals surface area contributed by atoms with Crippen molar-refractivity contribution in [3.05, 3.63) is 41.6 Å². The van der Waals surface area contributed by atoms with E-state index in [1.807, 2.05) is 7.05 Å². The molecule has 142 valence electrons. The molecule has 27 heavy (non-hydrogen) atoms. The maximum atomic E-state index is 13.0. The van der Waals surface area contributed by atoms with Crippen molar-refractivity contribution in [3.8, 4) is 0 Å². The first-order valence-electron chi connectivity index (χ1n) is 9.86. The van der Waals surface area contributed by atoms with Crippen LogP contribution in [0.2, 0.25) is 0 Å². The number of nitrogens with one attached hydrogen (secondary N) is 3. The van der Waals surface area contributed by atoms with Crippen LogP contribution in [0.5, 0.6) is 0 Å². The van der Waals surface area contributed by atoms with E-state index in [1.54, 1.807) is 5.01 Å². The van der Waals surface area contributed by atoms with E-state index in [0.29, 0.717) is 12.6 Å². The lowest BCUT2D eigenvalue weighted by molar-refractivity contribution is -0.136. The van der Waals surface area contributed by atoms with E-state index in [1.165, 1.54) is 27.6 Å². The highest BCUT2D eigenvalue weighted by Crippen LogP contribution is 2.38. The molecule has 1 aromatic heterocycles. The molecule has 1 aromatic carbocycles. The van der Waals surface area contributed by atoms with Crippen LogP contribution in [-0.2, 0) is 16.0 Å². The normalized spacial score (nSPS) is 25.1. The summed E-state index contributed by atoms with van der Waals surface area (Å²) in [5.74, 6) is -0.0312. The van der Waals surface area contributed by atoms with Gasteiger partial charge in [-0.2, -0.15) is 0 Å². The summed E-state index contributed by atoms with van der Waals surface area (Å²) in [6, 6.07) is 6.99. The number of carbonyl (C=O) groups excluding carboxylic acids is 1. The van der Waals surface area contributed by atoms with Gasteiger partial charge in [0.25, 0.3) is 0 Å². The summed E-state index contributed by atoms with van der Waals surface area (Å²) in [4.78, 5) is 16.4. The molecule has 1 fully saturated rings. The zero-order valence-corrected chi connectivity index (χ0v) is 15.6. The molecule has 2 aliphatic heterocycles. The van der Waals surface area contributed by atoms with Gasteiger partial charge < -0.3 is 15.0 Å². The van der Waals surface area contributed by atoms with Crippen LogP contribution in [0.4, 0.5) is 0 Å². The van der Waals surface area contributed by atoms with E-state index >= 15 is 0 Å². The molecule has 6 nitrogen and oxygen atoms in total. The van der Waals surface area contributed by atoms with Gasteiger partial charge in [0, 0.05) is 56.0 Å². The number of aromatic nitrogens is 1. The number of H-pyrrole nitrogens is 1. The second-order valence-electron chi connectivity index (χ2n) is 7.85. The molecule has 0 spiro atoms. The molecule has 1 aliphatic carbocycles. The molecule has 5 rings (SSSR count). The van der Waals surface area contributed by atoms with E-state index in [-0.39, 0.29) is 17.9 Å². The highest BCUT2D eigenvalue weighted by molar-refractivity contribution is 5.99. The van der Waals surface area contributed by atoms with Crippen LogP contribution in [0, 0.1) is 5.92 Å². The van der Waals surface area contributed by atoms with Crippen LogP contribution >= 0.6 is 0 Å². The van der Waals surface area contributed by atoms with Crippen LogP contribution in [0.25, 0.3) is 16.5 Å². The Hall–Kier alpha value is -2.15. The number of amides is 1. The molecule has 2 aromatic rings. The third-order valence-electron chi connectivity index (χ3n) is 6.11. The summed E-state index contributed by atoms with van der Waals surface area (Å²) in [5.41, 5.74) is 8.41. The first-order valence-corrected chi connectivity index (χ1v) is 9.86. The van der Waals surface area contributed by atoms with Crippen LogP contribution < -0.4 is 10.7 Å². The van der Waals surface area contributed by atoms with Crippen LogP contribution in [0.15, 0.2) is 30.5 Å². The first-order chi connectivity index (χ1) is 13.2. The summed E-state index contributed by atoms with van der Waals surface area (Å²) in [7, 11) is 1.84. The van der Waals surface area contributed by atoms with Crippen LogP contribution in [0.1, 0.15) is 24.0 Å². The Balaban J connectivity index is 1.39. The molecule has 0 saturated carbocycles. The third-order valence-corrected chi connectivity index (χ3v) is 6.11. The maximum absolute atomic E-state index is 13.0. The number of nitrogens with zero attached hydrogens (tertiary/aromatic N) is 1. The predicted octanol–water partition coefficient (Wildman–Crippen LogP) is 1.84. The van der Waals surface area contributed by atoms with Gasteiger partial charge in [-0.05, 0) is 42.0 Å². The molecule has 1 amide bonds. The monoisotopic (exact) mass is 366 g/mol. The fraction of sp³-hybridized carbons (Fsp3) is 0.476. The summed E-state index contributed by atoms with van der Waals surface area (Å²) in [6.45, 7) is 2.21. The van der Waals surface area contributed by atoms with Crippen molar-refractivity contribution in [2.45, 2.75) is 31.3 Å². The molecule has 1 saturated heterocycles. The molecule has 0 radical (unpaired) electrons. The fourth-order valence-electron chi connectivity index (χ4n) is 4.68. The molecule has 3 aliphatic rings. The summed E-state index contributed by atoms with van der Waals surface area (Å²) in [5, 5.41) is 6.60. The Morgan fingerprint density at radius 1 is 1.30 bits per heavy atom. The summed E-state index contributed by atoms with van der Waals surface area (Å²) < 4.78 is 5.40. The van der Waals surface area contributed by atoms with Crippen molar-refractivity contribution in [2.75, 3.05) is 26.8 Å². The number of hydrogen-bond donors (Lipinski definition) is 3. The number of hydrazine groups is 1. The average molecular weight is 366 g/mol. The molecule has 6 heteroatoms. The van der Waals surface area contributed by atoms with Crippen molar-refractivity contribution in [1.82, 2.24) is 20.7 Å². The largest absolute Gasteiger partial charge is 0.381 e. The first kappa shape index (κ1) is 17.0. The van der Waals surface area contributed by atoms with Gasteiger partial charge in [0.1, 0.15) is 0 Å². The lowest BCUT2D eigenvalue weighted by Gasteiger charge is -2.35. The smallest absolute Gasteiger partial charge is 0.244 e. The third kappa shape index (κ3) is 2.98. The van der Waals surface area contributed by atoms with Crippen LogP contribution in [0.3, 0.4) is 0 Å². The average Bonchev–Trinajstić information content (AvgIpc) is 3.12. The predicted molar refractivity (Wildman–Crippen MR) is 105 cm³/mol. The van der Waals surface area contributed by atoms with Crippen molar-refractivity contribution < 1.29 is 9.53 Å². The van der Waals surface area contributed by atoms with Gasteiger partial charge in [-0.1, -0.05) is 18.2 Å². The number of benzene rings is 1. The Labute approximate surface area is 158 Å². The topological polar surface area (TPSA) is 69.4 Å². The molecule has 3 N–H and O–H groups in total. The zero-order chi connectivity index (χ0) is 18.4. The Bertz CT molecular complexity index is 897. The number of ether oxygens (including phenoxy) is 1. The SMILES string of the molecule is CN(NC1CCOCC1)C(=O)[C@@H]1C=C2c3cccc4[nH]cc(c34)C[C@H]2NC1. The standard InChI is InChI=1S/C21H26N4O2/c1-25(24-15-5-7-27-8-6-15)21(26)14-9-17-16-3-2-4-18-20(16)13(11-22-18)10-19(17)23-12-14/h2-4,9,11,14-15,19,22-24H,5-8,10,12H2,1H3/t14-,19-/m1/s1. The zero-order valence-electron chi connectivity index (χ0n) is 15.6. The van der Waals surface area contributed by atoms with Crippen molar-refractivity contribution >= 4 is 22.4 Å². The molecule has 0 unspecified atom stereocenters. The van der Waals surface area contributed by atoms with Gasteiger partial charge in [-0.3, -0.25) is 9.80 Å². The van der Waals surface area contributed by atoms with Gasteiger partial charge in [0.05, 0.1) is 5.92 Å². The molecular formula is C21H26N4O2. The second-order valence-corrected chi connectivity index (χ2v) is 7.85. The highest BCUT2D eigenvalue weighted by atomic mass is 16.5. The summed E-state index contributed by atoms with van der Waals surface area (Å²) >= 11 is 0. The minimum Gasteiger partial charge on any atom is -0.381 e. The lowest BCUT2D eigenvalue weighted by atomic mass is 9.80. The molecule has 0 bridgehead atoms. The highest BCUT2D eigenvalue weighted by Gasteiger charge is 2.33. The van der Waals surface area contributed by atoms with Crippen molar-refractivity contribution in [2.24, 2.45) is 5.92 Å². The van der Waals surface area contributed by atoms with Crippen molar-refractivity contribution in [3.63, 3.8) is 0 Å². The Morgan fingerprint density at radius 3 is 3.00 bits per heavy atom. The number of hydrogen-bond acceptors (Lipinski definition) is 4. The molecule has 2 atom stereocenters. The summed E-state index contributed by atoms with van der Waals surface area (Å²) in [6.07, 6.45) is 7.18. The Morgan fingerprint density at radius 2 is 2.15 bits per heavy atom. The number of rotatable bonds is 3. The number of aromatic amines is 1. The maximum Gasteiger partial charge on any atom is 0.244 e. The van der Waals surface area contributed by atoms with Crippen LogP contribution in [-0.4, -0.2) is 54.8 Å². The Kier molecular flexibility index (Phi) is 4.27. The van der Waals surface area contributed by atoms with E-state index in [9.17, 15) is 4.79 Å². The van der Waals surface area contributed by atoms with Gasteiger partial charge in [-0.15, -0.1) is 0 Å². The quantitative estimate of drug-likeness (QED) is 0.725. The van der Waals surface area contributed by atoms with Gasteiger partial charge in [0.15, 0.2) is 0 Å². The van der Waals surface area contributed by atoms with Gasteiger partial charge in [-0.25, -0.2) is 5.43 Å². The minimum absolute atomic E-state index is 0.118. The van der Waals surface area contributed by atoms with Gasteiger partial charge >= 0.3 is 0 Å². The second kappa shape index (κ2) is 6.78. The van der Waals surface area contributed by atoms with Crippen molar-refractivity contribution in [1.29, 1.82) is 0 Å².